The van der Waals surface area contributed by atoms with Gasteiger partial charge in [0.2, 0.25) is 0 Å². The number of carbonyl (C=O) groups excluding carboxylic acids is 2. The van der Waals surface area contributed by atoms with Crippen LogP contribution in [0.5, 0.6) is 0 Å². The van der Waals surface area contributed by atoms with Crippen LogP contribution in [-0.2, 0) is 9.53 Å². The standard InChI is InChI=1S/C17H16F2N2O3/c1-21(2)13-6-4-12(5-7-13)20-16(22)10-24-17(23)14-8-3-11(18)9-15(14)19/h3-9H,10H2,1-2H3,(H,20,22). The van der Waals surface area contributed by atoms with Gasteiger partial charge in [-0.1, -0.05) is 0 Å². The Labute approximate surface area is 137 Å². The highest BCUT2D eigenvalue weighted by molar-refractivity contribution is 5.95. The summed E-state index contributed by atoms with van der Waals surface area (Å²) in [5.74, 6) is -3.45. The lowest BCUT2D eigenvalue weighted by molar-refractivity contribution is -0.119. The summed E-state index contributed by atoms with van der Waals surface area (Å²) in [6.45, 7) is -0.578. The van der Waals surface area contributed by atoms with Gasteiger partial charge >= 0.3 is 5.97 Å². The van der Waals surface area contributed by atoms with Crippen molar-refractivity contribution >= 4 is 23.3 Å². The number of hydrogen-bond acceptors (Lipinski definition) is 4. The molecule has 2 rings (SSSR count). The summed E-state index contributed by atoms with van der Waals surface area (Å²) in [6.07, 6.45) is 0. The van der Waals surface area contributed by atoms with Crippen LogP contribution in [0.2, 0.25) is 0 Å². The largest absolute Gasteiger partial charge is 0.452 e. The third-order valence-corrected chi connectivity index (χ3v) is 3.15. The molecule has 2 aromatic carbocycles. The monoisotopic (exact) mass is 334 g/mol. The molecule has 24 heavy (non-hydrogen) atoms. The summed E-state index contributed by atoms with van der Waals surface area (Å²) >= 11 is 0. The van der Waals surface area contributed by atoms with Crippen molar-refractivity contribution in [3.8, 4) is 0 Å². The average Bonchev–Trinajstić information content (AvgIpc) is 2.53. The van der Waals surface area contributed by atoms with Crippen LogP contribution in [0.3, 0.4) is 0 Å². The zero-order chi connectivity index (χ0) is 17.7. The first-order valence-electron chi connectivity index (χ1n) is 7.06. The van der Waals surface area contributed by atoms with Crippen molar-refractivity contribution in [2.24, 2.45) is 0 Å². The molecule has 0 radical (unpaired) electrons. The van der Waals surface area contributed by atoms with Crippen molar-refractivity contribution in [1.29, 1.82) is 0 Å². The zero-order valence-electron chi connectivity index (χ0n) is 13.2. The Bertz CT molecular complexity index is 746. The number of anilines is 2. The van der Waals surface area contributed by atoms with Gasteiger partial charge in [0.05, 0.1) is 5.56 Å². The third kappa shape index (κ3) is 4.52. The normalized spacial score (nSPS) is 10.2. The maximum atomic E-state index is 13.4. The van der Waals surface area contributed by atoms with E-state index in [0.29, 0.717) is 11.8 Å². The number of amides is 1. The Hall–Kier alpha value is -2.96. The number of rotatable bonds is 5. The molecule has 0 aromatic heterocycles. The van der Waals surface area contributed by atoms with Gasteiger partial charge in [0.1, 0.15) is 11.6 Å². The lowest BCUT2D eigenvalue weighted by Gasteiger charge is -2.13. The number of benzene rings is 2. The molecule has 126 valence electrons. The summed E-state index contributed by atoms with van der Waals surface area (Å²) in [7, 11) is 3.78. The van der Waals surface area contributed by atoms with Crippen molar-refractivity contribution < 1.29 is 23.1 Å². The van der Waals surface area contributed by atoms with Crippen molar-refractivity contribution in [2.75, 3.05) is 30.9 Å². The summed E-state index contributed by atoms with van der Waals surface area (Å²) in [5.41, 5.74) is 1.07. The lowest BCUT2D eigenvalue weighted by atomic mass is 10.2. The Morgan fingerprint density at radius 2 is 1.75 bits per heavy atom. The Morgan fingerprint density at radius 3 is 2.33 bits per heavy atom. The number of ether oxygens (including phenoxy) is 1. The van der Waals surface area contributed by atoms with E-state index in [-0.39, 0.29) is 0 Å². The van der Waals surface area contributed by atoms with Crippen LogP contribution >= 0.6 is 0 Å². The first-order chi connectivity index (χ1) is 11.4. The van der Waals surface area contributed by atoms with Crippen LogP contribution in [0.1, 0.15) is 10.4 Å². The lowest BCUT2D eigenvalue weighted by Crippen LogP contribution is -2.21. The molecular weight excluding hydrogens is 318 g/mol. The van der Waals surface area contributed by atoms with Crippen LogP contribution in [0.25, 0.3) is 0 Å². The fraction of sp³-hybridized carbons (Fsp3) is 0.176. The van der Waals surface area contributed by atoms with E-state index >= 15 is 0 Å². The predicted molar refractivity (Wildman–Crippen MR) is 86.0 cm³/mol. The van der Waals surface area contributed by atoms with E-state index in [2.05, 4.69) is 5.32 Å². The van der Waals surface area contributed by atoms with Gasteiger partial charge in [0, 0.05) is 31.5 Å². The van der Waals surface area contributed by atoms with Crippen LogP contribution < -0.4 is 10.2 Å². The Morgan fingerprint density at radius 1 is 1.08 bits per heavy atom. The predicted octanol–water partition coefficient (Wildman–Crippen LogP) is 2.83. The molecule has 0 heterocycles. The number of nitrogens with zero attached hydrogens (tertiary/aromatic N) is 1. The maximum absolute atomic E-state index is 13.4. The number of nitrogens with one attached hydrogen (secondary N) is 1. The molecule has 0 saturated heterocycles. The van der Waals surface area contributed by atoms with Gasteiger partial charge in [-0.05, 0) is 36.4 Å². The van der Waals surface area contributed by atoms with Gasteiger partial charge < -0.3 is 15.0 Å². The average molecular weight is 334 g/mol. The van der Waals surface area contributed by atoms with E-state index in [1.807, 2.05) is 31.1 Å². The molecule has 0 aliphatic rings. The Balaban J connectivity index is 1.89. The van der Waals surface area contributed by atoms with Crippen LogP contribution in [0, 0.1) is 11.6 Å². The van der Waals surface area contributed by atoms with E-state index < -0.39 is 35.7 Å². The summed E-state index contributed by atoms with van der Waals surface area (Å²) in [6, 6.07) is 9.51. The molecule has 0 unspecified atom stereocenters. The summed E-state index contributed by atoms with van der Waals surface area (Å²) in [4.78, 5) is 25.3. The van der Waals surface area contributed by atoms with Crippen molar-refractivity contribution in [2.45, 2.75) is 0 Å². The van der Waals surface area contributed by atoms with Crippen LogP contribution in [0.4, 0.5) is 20.2 Å². The molecule has 0 saturated carbocycles. The molecule has 0 bridgehead atoms. The molecule has 0 spiro atoms. The minimum absolute atomic E-state index is 0.431. The van der Waals surface area contributed by atoms with Gasteiger partial charge in [-0.2, -0.15) is 0 Å². The number of halogens is 2. The van der Waals surface area contributed by atoms with E-state index in [1.165, 1.54) is 0 Å². The van der Waals surface area contributed by atoms with E-state index in [4.69, 9.17) is 4.74 Å². The zero-order valence-corrected chi connectivity index (χ0v) is 13.2. The van der Waals surface area contributed by atoms with Gasteiger partial charge in [-0.15, -0.1) is 0 Å². The topological polar surface area (TPSA) is 58.6 Å². The Kier molecular flexibility index (Phi) is 5.47. The highest BCUT2D eigenvalue weighted by Gasteiger charge is 2.15. The molecule has 5 nitrogen and oxygen atoms in total. The molecule has 0 atom stereocenters. The van der Waals surface area contributed by atoms with E-state index in [0.717, 1.165) is 17.8 Å². The molecule has 7 heteroatoms. The van der Waals surface area contributed by atoms with E-state index in [1.54, 1.807) is 12.1 Å². The molecule has 0 aliphatic heterocycles. The second kappa shape index (κ2) is 7.54. The number of hydrogen-bond donors (Lipinski definition) is 1. The quantitative estimate of drug-likeness (QED) is 0.854. The second-order valence-corrected chi connectivity index (χ2v) is 5.19. The fourth-order valence-corrected chi connectivity index (χ4v) is 1.90. The molecule has 0 fully saturated rings. The minimum atomic E-state index is -1.04. The van der Waals surface area contributed by atoms with E-state index in [9.17, 15) is 18.4 Å². The van der Waals surface area contributed by atoms with Crippen molar-refractivity contribution in [3.63, 3.8) is 0 Å². The van der Waals surface area contributed by atoms with Crippen LogP contribution in [-0.4, -0.2) is 32.6 Å². The van der Waals surface area contributed by atoms with Crippen molar-refractivity contribution in [1.82, 2.24) is 0 Å². The molecule has 2 aromatic rings. The molecule has 0 aliphatic carbocycles. The second-order valence-electron chi connectivity index (χ2n) is 5.19. The third-order valence-electron chi connectivity index (χ3n) is 3.15. The maximum Gasteiger partial charge on any atom is 0.341 e. The summed E-state index contributed by atoms with van der Waals surface area (Å²) < 4.78 is 30.9. The van der Waals surface area contributed by atoms with Gasteiger partial charge in [0.25, 0.3) is 5.91 Å². The van der Waals surface area contributed by atoms with Gasteiger partial charge in [-0.25, -0.2) is 13.6 Å². The SMILES string of the molecule is CN(C)c1ccc(NC(=O)COC(=O)c2ccc(F)cc2F)cc1. The molecule has 1 N–H and O–H groups in total. The smallest absolute Gasteiger partial charge is 0.341 e. The van der Waals surface area contributed by atoms with Crippen LogP contribution in [0.15, 0.2) is 42.5 Å². The summed E-state index contributed by atoms with van der Waals surface area (Å²) in [5, 5.41) is 2.55. The first-order valence-corrected chi connectivity index (χ1v) is 7.06. The highest BCUT2D eigenvalue weighted by atomic mass is 19.1. The van der Waals surface area contributed by atoms with Gasteiger partial charge in [-0.3, -0.25) is 4.79 Å². The van der Waals surface area contributed by atoms with Gasteiger partial charge in [0.15, 0.2) is 6.61 Å². The molecular formula is C17H16F2N2O3. The highest BCUT2D eigenvalue weighted by Crippen LogP contribution is 2.15. The fourth-order valence-electron chi connectivity index (χ4n) is 1.90. The number of esters is 1. The van der Waals surface area contributed by atoms with Crippen molar-refractivity contribution in [3.05, 3.63) is 59.7 Å². The minimum Gasteiger partial charge on any atom is -0.452 e. The number of carbonyl (C=O) groups is 2. The first kappa shape index (κ1) is 17.4. The molecule has 1 amide bonds.